The number of ether oxygens (including phenoxy) is 2. The maximum absolute atomic E-state index is 12.0. The van der Waals surface area contributed by atoms with Gasteiger partial charge in [0.15, 0.2) is 0 Å². The molecule has 1 heterocycles. The van der Waals surface area contributed by atoms with E-state index in [0.29, 0.717) is 6.61 Å². The van der Waals surface area contributed by atoms with Crippen LogP contribution in [0.15, 0.2) is 24.3 Å². The molecule has 3 nitrogen and oxygen atoms in total. The maximum atomic E-state index is 12.0. The highest BCUT2D eigenvalue weighted by Crippen LogP contribution is 2.23. The third-order valence-electron chi connectivity index (χ3n) is 2.89. The number of halogens is 3. The maximum Gasteiger partial charge on any atom is 0.573 e. The highest BCUT2D eigenvalue weighted by molar-refractivity contribution is 5.27. The van der Waals surface area contributed by atoms with Crippen molar-refractivity contribution in [3.05, 3.63) is 29.8 Å². The van der Waals surface area contributed by atoms with Gasteiger partial charge in [-0.2, -0.15) is 0 Å². The third-order valence-corrected chi connectivity index (χ3v) is 2.89. The lowest BCUT2D eigenvalue weighted by Crippen LogP contribution is -2.35. The Bertz CT molecular complexity index is 386. The Morgan fingerprint density at radius 3 is 2.53 bits per heavy atom. The molecule has 0 amide bonds. The fraction of sp³-hybridized carbons (Fsp3) is 0.538. The number of piperidine rings is 1. The molecule has 1 N–H and O–H groups in total. The molecule has 1 aromatic carbocycles. The number of alkyl halides is 3. The smallest absolute Gasteiger partial charge is 0.406 e. The first-order valence-corrected chi connectivity index (χ1v) is 6.20. The Morgan fingerprint density at radius 1 is 1.21 bits per heavy atom. The van der Waals surface area contributed by atoms with Crippen LogP contribution in [-0.4, -0.2) is 25.6 Å². The first-order chi connectivity index (χ1) is 9.03. The van der Waals surface area contributed by atoms with Crippen molar-refractivity contribution in [2.45, 2.75) is 31.9 Å². The van der Waals surface area contributed by atoms with E-state index < -0.39 is 6.36 Å². The van der Waals surface area contributed by atoms with Crippen LogP contribution in [0.1, 0.15) is 18.4 Å². The molecule has 2 rings (SSSR count). The molecule has 0 aliphatic carbocycles. The van der Waals surface area contributed by atoms with Crippen molar-refractivity contribution in [3.8, 4) is 5.75 Å². The first-order valence-electron chi connectivity index (χ1n) is 6.20. The molecular weight excluding hydrogens is 259 g/mol. The summed E-state index contributed by atoms with van der Waals surface area (Å²) < 4.78 is 45.4. The zero-order valence-corrected chi connectivity index (χ0v) is 10.4. The van der Waals surface area contributed by atoms with Gasteiger partial charge in [0.05, 0.1) is 12.7 Å². The standard InChI is InChI=1S/C13H16F3NO2/c14-13(15,16)19-11-5-3-10(4-6-11)9-18-12-2-1-7-17-8-12/h3-6,12,17H,1-2,7-9H2. The molecule has 1 atom stereocenters. The largest absolute Gasteiger partial charge is 0.573 e. The Morgan fingerprint density at radius 2 is 1.95 bits per heavy atom. The fourth-order valence-electron chi connectivity index (χ4n) is 1.96. The minimum absolute atomic E-state index is 0.180. The molecule has 1 saturated heterocycles. The van der Waals surface area contributed by atoms with Gasteiger partial charge in [-0.15, -0.1) is 13.2 Å². The lowest BCUT2D eigenvalue weighted by molar-refractivity contribution is -0.274. The second-order valence-electron chi connectivity index (χ2n) is 4.47. The predicted molar refractivity (Wildman–Crippen MR) is 63.8 cm³/mol. The van der Waals surface area contributed by atoms with Crippen molar-refractivity contribution >= 4 is 0 Å². The number of benzene rings is 1. The van der Waals surface area contributed by atoms with Crippen LogP contribution in [0.5, 0.6) is 5.75 Å². The Hall–Kier alpha value is -1.27. The van der Waals surface area contributed by atoms with Gasteiger partial charge in [0.2, 0.25) is 0 Å². The second-order valence-corrected chi connectivity index (χ2v) is 4.47. The molecular formula is C13H16F3NO2. The van der Waals surface area contributed by atoms with Gasteiger partial charge in [0, 0.05) is 6.54 Å². The van der Waals surface area contributed by atoms with Crippen LogP contribution in [0.3, 0.4) is 0 Å². The van der Waals surface area contributed by atoms with Crippen molar-refractivity contribution in [1.82, 2.24) is 5.32 Å². The summed E-state index contributed by atoms with van der Waals surface area (Å²) in [6.07, 6.45) is -2.36. The fourth-order valence-corrected chi connectivity index (χ4v) is 1.96. The quantitative estimate of drug-likeness (QED) is 0.916. The normalized spacial score (nSPS) is 20.3. The summed E-state index contributed by atoms with van der Waals surface area (Å²) in [5.74, 6) is -0.212. The van der Waals surface area contributed by atoms with Gasteiger partial charge >= 0.3 is 6.36 Å². The third kappa shape index (κ3) is 5.08. The van der Waals surface area contributed by atoms with E-state index in [2.05, 4.69) is 10.1 Å². The van der Waals surface area contributed by atoms with Gasteiger partial charge in [0.1, 0.15) is 5.75 Å². The molecule has 0 spiro atoms. The van der Waals surface area contributed by atoms with Crippen molar-refractivity contribution < 1.29 is 22.6 Å². The average Bonchev–Trinajstić information content (AvgIpc) is 2.37. The molecule has 0 bridgehead atoms. The highest BCUT2D eigenvalue weighted by atomic mass is 19.4. The SMILES string of the molecule is FC(F)(F)Oc1ccc(COC2CCCNC2)cc1. The zero-order chi connectivity index (χ0) is 13.7. The van der Waals surface area contributed by atoms with Crippen molar-refractivity contribution in [3.63, 3.8) is 0 Å². The van der Waals surface area contributed by atoms with Gasteiger partial charge in [-0.3, -0.25) is 0 Å². The van der Waals surface area contributed by atoms with Crippen LogP contribution in [0.2, 0.25) is 0 Å². The molecule has 6 heteroatoms. The average molecular weight is 275 g/mol. The van der Waals surface area contributed by atoms with E-state index in [-0.39, 0.29) is 11.9 Å². The van der Waals surface area contributed by atoms with Crippen molar-refractivity contribution in [2.75, 3.05) is 13.1 Å². The summed E-state index contributed by atoms with van der Waals surface area (Å²) in [5.41, 5.74) is 0.833. The van der Waals surface area contributed by atoms with E-state index in [1.165, 1.54) is 12.1 Å². The van der Waals surface area contributed by atoms with Gasteiger partial charge in [0.25, 0.3) is 0 Å². The topological polar surface area (TPSA) is 30.5 Å². The molecule has 1 fully saturated rings. The summed E-state index contributed by atoms with van der Waals surface area (Å²) in [5, 5.41) is 3.24. The lowest BCUT2D eigenvalue weighted by Gasteiger charge is -2.23. The van der Waals surface area contributed by atoms with Gasteiger partial charge < -0.3 is 14.8 Å². The minimum atomic E-state index is -4.65. The minimum Gasteiger partial charge on any atom is -0.406 e. The second kappa shape index (κ2) is 6.25. The lowest BCUT2D eigenvalue weighted by atomic mass is 10.1. The molecule has 0 aromatic heterocycles. The van der Waals surface area contributed by atoms with E-state index in [4.69, 9.17) is 4.74 Å². The highest BCUT2D eigenvalue weighted by Gasteiger charge is 2.30. The molecule has 1 unspecified atom stereocenters. The Kier molecular flexibility index (Phi) is 4.66. The molecule has 19 heavy (non-hydrogen) atoms. The first kappa shape index (κ1) is 14.1. The van der Waals surface area contributed by atoms with Crippen LogP contribution >= 0.6 is 0 Å². The number of nitrogens with one attached hydrogen (secondary N) is 1. The van der Waals surface area contributed by atoms with E-state index in [9.17, 15) is 13.2 Å². The molecule has 1 aromatic rings. The van der Waals surface area contributed by atoms with Gasteiger partial charge in [-0.1, -0.05) is 12.1 Å². The van der Waals surface area contributed by atoms with Crippen LogP contribution < -0.4 is 10.1 Å². The summed E-state index contributed by atoms with van der Waals surface area (Å²) in [6, 6.07) is 5.76. The zero-order valence-electron chi connectivity index (χ0n) is 10.4. The molecule has 106 valence electrons. The van der Waals surface area contributed by atoms with Gasteiger partial charge in [-0.05, 0) is 37.1 Å². The van der Waals surface area contributed by atoms with Crippen LogP contribution in [0.4, 0.5) is 13.2 Å². The van der Waals surface area contributed by atoms with Crippen LogP contribution in [0.25, 0.3) is 0 Å². The predicted octanol–water partition coefficient (Wildman–Crippen LogP) is 2.85. The van der Waals surface area contributed by atoms with Crippen molar-refractivity contribution in [2.24, 2.45) is 0 Å². The summed E-state index contributed by atoms with van der Waals surface area (Å²) in [6.45, 7) is 2.25. The van der Waals surface area contributed by atoms with E-state index in [1.54, 1.807) is 12.1 Å². The van der Waals surface area contributed by atoms with E-state index in [0.717, 1.165) is 31.5 Å². The van der Waals surface area contributed by atoms with Crippen molar-refractivity contribution in [1.29, 1.82) is 0 Å². The molecule has 1 aliphatic rings. The van der Waals surface area contributed by atoms with Gasteiger partial charge in [-0.25, -0.2) is 0 Å². The van der Waals surface area contributed by atoms with E-state index in [1.807, 2.05) is 0 Å². The number of hydrogen-bond acceptors (Lipinski definition) is 3. The number of hydrogen-bond donors (Lipinski definition) is 1. The summed E-state index contributed by atoms with van der Waals surface area (Å²) in [7, 11) is 0. The molecule has 0 saturated carbocycles. The molecule has 1 aliphatic heterocycles. The Balaban J connectivity index is 1.81. The van der Waals surface area contributed by atoms with Crippen LogP contribution in [-0.2, 0) is 11.3 Å². The monoisotopic (exact) mass is 275 g/mol. The summed E-state index contributed by atoms with van der Waals surface area (Å²) in [4.78, 5) is 0. The number of rotatable bonds is 4. The van der Waals surface area contributed by atoms with E-state index >= 15 is 0 Å². The molecule has 0 radical (unpaired) electrons. The summed E-state index contributed by atoms with van der Waals surface area (Å²) >= 11 is 0. The Labute approximate surface area is 109 Å². The van der Waals surface area contributed by atoms with Crippen LogP contribution in [0, 0.1) is 0 Å².